The van der Waals surface area contributed by atoms with E-state index < -0.39 is 0 Å². The van der Waals surface area contributed by atoms with E-state index >= 15 is 0 Å². The van der Waals surface area contributed by atoms with Crippen LogP contribution in [0, 0.1) is 0 Å². The molecule has 0 aliphatic carbocycles. The molecule has 6 heteroatoms. The van der Waals surface area contributed by atoms with Crippen LogP contribution < -0.4 is 5.32 Å². The third-order valence-corrected chi connectivity index (χ3v) is 3.93. The topological polar surface area (TPSA) is 80.9 Å². The predicted molar refractivity (Wildman–Crippen MR) is 83.3 cm³/mol. The first kappa shape index (κ1) is 13.6. The number of benzene rings is 1. The van der Waals surface area contributed by atoms with Crippen molar-refractivity contribution in [2.24, 2.45) is 0 Å². The molecule has 1 amide bonds. The van der Waals surface area contributed by atoms with E-state index in [1.54, 1.807) is 12.4 Å². The number of hydrogen-bond donors (Lipinski definition) is 1. The van der Waals surface area contributed by atoms with E-state index in [0.717, 1.165) is 29.7 Å². The van der Waals surface area contributed by atoms with Crippen molar-refractivity contribution in [3.05, 3.63) is 54.4 Å². The normalized spacial score (nSPS) is 17.2. The molecule has 1 aliphatic heterocycles. The molecule has 1 atom stereocenters. The molecule has 0 saturated carbocycles. The van der Waals surface area contributed by atoms with Crippen molar-refractivity contribution in [2.75, 3.05) is 6.54 Å². The predicted octanol–water partition coefficient (Wildman–Crippen LogP) is 2.40. The second kappa shape index (κ2) is 5.64. The van der Waals surface area contributed by atoms with Gasteiger partial charge in [-0.05, 0) is 36.2 Å². The third-order valence-electron chi connectivity index (χ3n) is 3.93. The quantitative estimate of drug-likeness (QED) is 0.803. The highest BCUT2D eigenvalue weighted by atomic mass is 16.5. The molecule has 0 spiro atoms. The van der Waals surface area contributed by atoms with Gasteiger partial charge >= 0.3 is 0 Å². The van der Waals surface area contributed by atoms with Gasteiger partial charge in [-0.2, -0.15) is 4.98 Å². The summed E-state index contributed by atoms with van der Waals surface area (Å²) in [7, 11) is 0. The zero-order chi connectivity index (χ0) is 15.6. The van der Waals surface area contributed by atoms with Gasteiger partial charge in [0.25, 0.3) is 5.89 Å². The van der Waals surface area contributed by atoms with Gasteiger partial charge in [0.05, 0.1) is 5.92 Å². The van der Waals surface area contributed by atoms with Crippen LogP contribution in [0.1, 0.15) is 17.9 Å². The summed E-state index contributed by atoms with van der Waals surface area (Å²) in [6.07, 6.45) is 4.20. The SMILES string of the molecule is O=C1NCCC1c1cccc(-c2nc(-c3cccnc3)no2)c1. The van der Waals surface area contributed by atoms with E-state index in [4.69, 9.17) is 4.52 Å². The maximum Gasteiger partial charge on any atom is 0.258 e. The van der Waals surface area contributed by atoms with E-state index in [2.05, 4.69) is 20.4 Å². The van der Waals surface area contributed by atoms with E-state index in [1.165, 1.54) is 0 Å². The van der Waals surface area contributed by atoms with Crippen molar-refractivity contribution in [2.45, 2.75) is 12.3 Å². The molecular formula is C17H14N4O2. The number of aromatic nitrogens is 3. The minimum absolute atomic E-state index is 0.0729. The molecule has 0 radical (unpaired) electrons. The molecular weight excluding hydrogens is 292 g/mol. The number of pyridine rings is 1. The molecule has 23 heavy (non-hydrogen) atoms. The zero-order valence-corrected chi connectivity index (χ0v) is 12.3. The number of hydrogen-bond acceptors (Lipinski definition) is 5. The lowest BCUT2D eigenvalue weighted by Crippen LogP contribution is -2.17. The van der Waals surface area contributed by atoms with Crippen LogP contribution in [0.2, 0.25) is 0 Å². The van der Waals surface area contributed by atoms with Crippen molar-refractivity contribution in [3.63, 3.8) is 0 Å². The maximum absolute atomic E-state index is 11.8. The average Bonchev–Trinajstić information content (AvgIpc) is 3.25. The molecule has 1 N–H and O–H groups in total. The molecule has 1 aliphatic rings. The van der Waals surface area contributed by atoms with Gasteiger partial charge < -0.3 is 9.84 Å². The Morgan fingerprint density at radius 2 is 2.09 bits per heavy atom. The van der Waals surface area contributed by atoms with E-state index in [-0.39, 0.29) is 11.8 Å². The van der Waals surface area contributed by atoms with Crippen LogP contribution in [0.5, 0.6) is 0 Å². The summed E-state index contributed by atoms with van der Waals surface area (Å²) in [5.41, 5.74) is 2.58. The van der Waals surface area contributed by atoms with Crippen LogP contribution in [0.25, 0.3) is 22.8 Å². The van der Waals surface area contributed by atoms with Gasteiger partial charge in [0.2, 0.25) is 11.7 Å². The molecule has 6 nitrogen and oxygen atoms in total. The van der Waals surface area contributed by atoms with Crippen LogP contribution in [0.4, 0.5) is 0 Å². The van der Waals surface area contributed by atoms with Crippen molar-refractivity contribution in [1.29, 1.82) is 0 Å². The Kier molecular flexibility index (Phi) is 3.34. The lowest BCUT2D eigenvalue weighted by molar-refractivity contribution is -0.120. The van der Waals surface area contributed by atoms with Crippen LogP contribution in [0.3, 0.4) is 0 Å². The fourth-order valence-corrected chi connectivity index (χ4v) is 2.75. The molecule has 1 saturated heterocycles. The fourth-order valence-electron chi connectivity index (χ4n) is 2.75. The van der Waals surface area contributed by atoms with E-state index in [0.29, 0.717) is 11.7 Å². The van der Waals surface area contributed by atoms with Gasteiger partial charge in [0.15, 0.2) is 0 Å². The highest BCUT2D eigenvalue weighted by Gasteiger charge is 2.26. The molecule has 1 fully saturated rings. The van der Waals surface area contributed by atoms with E-state index in [9.17, 15) is 4.79 Å². The monoisotopic (exact) mass is 306 g/mol. The number of amides is 1. The van der Waals surface area contributed by atoms with Crippen LogP contribution >= 0.6 is 0 Å². The second-order valence-electron chi connectivity index (χ2n) is 5.42. The summed E-state index contributed by atoms with van der Waals surface area (Å²) in [6.45, 7) is 0.722. The Labute approximate surface area is 132 Å². The molecule has 4 rings (SSSR count). The lowest BCUT2D eigenvalue weighted by Gasteiger charge is -2.07. The minimum atomic E-state index is -0.101. The fraction of sp³-hybridized carbons (Fsp3) is 0.176. The van der Waals surface area contributed by atoms with Gasteiger partial charge in [0, 0.05) is 30.1 Å². The summed E-state index contributed by atoms with van der Waals surface area (Å²) < 4.78 is 5.36. The first-order chi connectivity index (χ1) is 11.3. The van der Waals surface area contributed by atoms with Crippen LogP contribution in [-0.2, 0) is 4.79 Å². The molecule has 114 valence electrons. The Morgan fingerprint density at radius 1 is 1.17 bits per heavy atom. The molecule has 0 bridgehead atoms. The van der Waals surface area contributed by atoms with Crippen molar-refractivity contribution >= 4 is 5.91 Å². The molecule has 1 unspecified atom stereocenters. The van der Waals surface area contributed by atoms with Crippen LogP contribution in [0.15, 0.2) is 53.3 Å². The van der Waals surface area contributed by atoms with E-state index in [1.807, 2.05) is 36.4 Å². The average molecular weight is 306 g/mol. The Hall–Kier alpha value is -3.02. The van der Waals surface area contributed by atoms with Crippen molar-refractivity contribution in [1.82, 2.24) is 20.4 Å². The van der Waals surface area contributed by atoms with Crippen molar-refractivity contribution in [3.8, 4) is 22.8 Å². The largest absolute Gasteiger partial charge is 0.356 e. The number of rotatable bonds is 3. The first-order valence-corrected chi connectivity index (χ1v) is 7.43. The highest BCUT2D eigenvalue weighted by Crippen LogP contribution is 2.28. The molecule has 3 aromatic rings. The van der Waals surface area contributed by atoms with Gasteiger partial charge in [0.1, 0.15) is 0 Å². The third kappa shape index (κ3) is 2.59. The molecule has 1 aromatic carbocycles. The van der Waals surface area contributed by atoms with Gasteiger partial charge in [-0.1, -0.05) is 17.3 Å². The summed E-state index contributed by atoms with van der Waals surface area (Å²) in [4.78, 5) is 20.3. The molecule has 3 heterocycles. The summed E-state index contributed by atoms with van der Waals surface area (Å²) in [5.74, 6) is 0.903. The minimum Gasteiger partial charge on any atom is -0.356 e. The number of carbonyl (C=O) groups is 1. The number of nitrogens with one attached hydrogen (secondary N) is 1. The number of nitrogens with zero attached hydrogens (tertiary/aromatic N) is 3. The summed E-state index contributed by atoms with van der Waals surface area (Å²) >= 11 is 0. The Morgan fingerprint density at radius 3 is 2.87 bits per heavy atom. The van der Waals surface area contributed by atoms with Gasteiger partial charge in [-0.3, -0.25) is 9.78 Å². The standard InChI is InChI=1S/C17H14N4O2/c22-16-14(6-8-19-16)11-3-1-4-12(9-11)17-20-15(21-23-17)13-5-2-7-18-10-13/h1-5,7,9-10,14H,6,8H2,(H,19,22). The molecule has 2 aromatic heterocycles. The Balaban J connectivity index is 1.66. The Bertz CT molecular complexity index is 845. The zero-order valence-electron chi connectivity index (χ0n) is 12.3. The first-order valence-electron chi connectivity index (χ1n) is 7.43. The summed E-state index contributed by atoms with van der Waals surface area (Å²) in [5, 5.41) is 6.86. The highest BCUT2D eigenvalue weighted by molar-refractivity contribution is 5.86. The van der Waals surface area contributed by atoms with Gasteiger partial charge in [-0.15, -0.1) is 0 Å². The summed E-state index contributed by atoms with van der Waals surface area (Å²) in [6, 6.07) is 11.4. The van der Waals surface area contributed by atoms with Crippen molar-refractivity contribution < 1.29 is 9.32 Å². The van der Waals surface area contributed by atoms with Crippen LogP contribution in [-0.4, -0.2) is 27.6 Å². The maximum atomic E-state index is 11.8. The smallest absolute Gasteiger partial charge is 0.258 e. The lowest BCUT2D eigenvalue weighted by atomic mass is 9.96. The number of carbonyl (C=O) groups excluding carboxylic acids is 1. The van der Waals surface area contributed by atoms with Gasteiger partial charge in [-0.25, -0.2) is 0 Å². The second-order valence-corrected chi connectivity index (χ2v) is 5.42.